The quantitative estimate of drug-likeness (QED) is 0.593. The molecule has 3 atom stereocenters. The molecule has 6 nitrogen and oxygen atoms in total. The molecule has 0 saturated heterocycles. The summed E-state index contributed by atoms with van der Waals surface area (Å²) in [5.41, 5.74) is -0.901. The number of nitrogens with one attached hydrogen (secondary N) is 1. The number of hydrogen-bond acceptors (Lipinski definition) is 4. The second-order valence-electron chi connectivity index (χ2n) is 4.15. The van der Waals surface area contributed by atoms with Crippen LogP contribution in [0.3, 0.4) is 0 Å². The second-order valence-corrected chi connectivity index (χ2v) is 4.15. The fourth-order valence-electron chi connectivity index (χ4n) is 2.21. The number of aromatic nitrogens is 2. The van der Waals surface area contributed by atoms with Crippen LogP contribution < -0.4 is 11.2 Å². The van der Waals surface area contributed by atoms with Crippen molar-refractivity contribution >= 4 is 0 Å². The summed E-state index contributed by atoms with van der Waals surface area (Å²) in [5.74, 6) is -0.191. The number of aliphatic hydroxyl groups excluding tert-OH is 2. The van der Waals surface area contributed by atoms with E-state index >= 15 is 0 Å². The highest BCUT2D eigenvalue weighted by molar-refractivity contribution is 4.92. The van der Waals surface area contributed by atoms with Crippen LogP contribution in [0.5, 0.6) is 0 Å². The minimum Gasteiger partial charge on any atom is -0.396 e. The van der Waals surface area contributed by atoms with E-state index in [9.17, 15) is 14.7 Å². The van der Waals surface area contributed by atoms with E-state index in [4.69, 9.17) is 5.11 Å². The van der Waals surface area contributed by atoms with E-state index < -0.39 is 17.4 Å². The van der Waals surface area contributed by atoms with Gasteiger partial charge in [-0.15, -0.1) is 0 Å². The van der Waals surface area contributed by atoms with E-state index in [-0.39, 0.29) is 18.6 Å². The fourth-order valence-corrected chi connectivity index (χ4v) is 2.21. The predicted molar refractivity (Wildman–Crippen MR) is 56.2 cm³/mol. The van der Waals surface area contributed by atoms with E-state index in [1.165, 1.54) is 16.8 Å². The van der Waals surface area contributed by atoms with Gasteiger partial charge in [-0.2, -0.15) is 0 Å². The smallest absolute Gasteiger partial charge is 0.328 e. The Labute approximate surface area is 91.2 Å². The molecule has 1 aromatic heterocycles. The van der Waals surface area contributed by atoms with Gasteiger partial charge in [0.1, 0.15) is 0 Å². The normalized spacial score (nSPS) is 29.5. The maximum Gasteiger partial charge on any atom is 0.328 e. The Balaban J connectivity index is 2.27. The van der Waals surface area contributed by atoms with E-state index in [0.717, 1.165) is 0 Å². The van der Waals surface area contributed by atoms with Gasteiger partial charge in [-0.3, -0.25) is 14.3 Å². The molecule has 3 N–H and O–H groups in total. The molecule has 1 aliphatic carbocycles. The summed E-state index contributed by atoms with van der Waals surface area (Å²) >= 11 is 0. The third-order valence-electron chi connectivity index (χ3n) is 3.11. The van der Waals surface area contributed by atoms with Crippen molar-refractivity contribution < 1.29 is 10.2 Å². The largest absolute Gasteiger partial charge is 0.396 e. The van der Waals surface area contributed by atoms with Gasteiger partial charge in [0.25, 0.3) is 5.56 Å². The Hall–Kier alpha value is -1.40. The van der Waals surface area contributed by atoms with Gasteiger partial charge in [0.2, 0.25) is 0 Å². The molecule has 1 saturated carbocycles. The second kappa shape index (κ2) is 4.23. The molecular formula is C10H14N2O4. The van der Waals surface area contributed by atoms with E-state index in [0.29, 0.717) is 12.8 Å². The van der Waals surface area contributed by atoms with Gasteiger partial charge >= 0.3 is 5.69 Å². The van der Waals surface area contributed by atoms with Crippen molar-refractivity contribution in [3.8, 4) is 0 Å². The third-order valence-corrected chi connectivity index (χ3v) is 3.11. The maximum absolute atomic E-state index is 11.5. The highest BCUT2D eigenvalue weighted by Crippen LogP contribution is 2.33. The average molecular weight is 226 g/mol. The number of hydrogen-bond donors (Lipinski definition) is 3. The standard InChI is InChI=1S/C10H14N2O4/c13-5-6-3-7(4-8(6)14)12-2-1-9(15)11-10(12)16/h1-2,6-8,13-14H,3-5H2,(H,11,15,16)/t6-,7+,8+/m1/s1. The van der Waals surface area contributed by atoms with E-state index in [1.807, 2.05) is 0 Å². The summed E-state index contributed by atoms with van der Waals surface area (Å²) in [7, 11) is 0. The van der Waals surface area contributed by atoms with Crippen molar-refractivity contribution in [2.45, 2.75) is 25.0 Å². The van der Waals surface area contributed by atoms with Crippen molar-refractivity contribution in [3.63, 3.8) is 0 Å². The summed E-state index contributed by atoms with van der Waals surface area (Å²) in [6, 6.07) is 1.12. The molecule has 16 heavy (non-hydrogen) atoms. The number of aliphatic hydroxyl groups is 2. The van der Waals surface area contributed by atoms with Crippen LogP contribution in [-0.2, 0) is 0 Å². The van der Waals surface area contributed by atoms with Crippen LogP contribution in [0.4, 0.5) is 0 Å². The zero-order chi connectivity index (χ0) is 11.7. The lowest BCUT2D eigenvalue weighted by molar-refractivity contribution is 0.0906. The van der Waals surface area contributed by atoms with E-state index in [2.05, 4.69) is 4.98 Å². The molecule has 1 aromatic rings. The Morgan fingerprint density at radius 3 is 2.75 bits per heavy atom. The Bertz CT molecular complexity index is 478. The monoisotopic (exact) mass is 226 g/mol. The molecule has 0 amide bonds. The van der Waals surface area contributed by atoms with Gasteiger partial charge in [0.05, 0.1) is 6.10 Å². The molecule has 1 aliphatic rings. The molecule has 0 unspecified atom stereocenters. The predicted octanol–water partition coefficient (Wildman–Crippen LogP) is -1.16. The fraction of sp³-hybridized carbons (Fsp3) is 0.600. The minimum atomic E-state index is -0.589. The highest BCUT2D eigenvalue weighted by Gasteiger charge is 2.33. The first-order chi connectivity index (χ1) is 7.61. The molecule has 1 fully saturated rings. The topological polar surface area (TPSA) is 95.3 Å². The summed E-state index contributed by atoms with van der Waals surface area (Å²) in [6.45, 7) is -0.0875. The average Bonchev–Trinajstić information content (AvgIpc) is 2.59. The number of nitrogens with zero attached hydrogens (tertiary/aromatic N) is 1. The Kier molecular flexibility index (Phi) is 2.93. The lowest BCUT2D eigenvalue weighted by atomic mass is 10.1. The van der Waals surface area contributed by atoms with Gasteiger partial charge in [-0.1, -0.05) is 0 Å². The van der Waals surface area contributed by atoms with E-state index in [1.54, 1.807) is 0 Å². The summed E-state index contributed by atoms with van der Waals surface area (Å²) in [6.07, 6.45) is 1.81. The van der Waals surface area contributed by atoms with Crippen molar-refractivity contribution in [2.75, 3.05) is 6.61 Å². The molecule has 88 valence electrons. The summed E-state index contributed by atoms with van der Waals surface area (Å²) < 4.78 is 1.40. The maximum atomic E-state index is 11.5. The molecule has 0 aromatic carbocycles. The lowest BCUT2D eigenvalue weighted by Gasteiger charge is -2.12. The van der Waals surface area contributed by atoms with Crippen LogP contribution >= 0.6 is 0 Å². The Morgan fingerprint density at radius 2 is 2.19 bits per heavy atom. The number of H-pyrrole nitrogens is 1. The van der Waals surface area contributed by atoms with Crippen LogP contribution in [0.1, 0.15) is 18.9 Å². The number of aromatic amines is 1. The Morgan fingerprint density at radius 1 is 1.44 bits per heavy atom. The van der Waals surface area contributed by atoms with Crippen LogP contribution in [-0.4, -0.2) is 32.5 Å². The molecule has 2 rings (SSSR count). The van der Waals surface area contributed by atoms with Crippen LogP contribution in [0.15, 0.2) is 21.9 Å². The minimum absolute atomic E-state index is 0.0875. The first-order valence-electron chi connectivity index (χ1n) is 5.22. The van der Waals surface area contributed by atoms with Crippen LogP contribution in [0.2, 0.25) is 0 Å². The van der Waals surface area contributed by atoms with Crippen LogP contribution in [0.25, 0.3) is 0 Å². The third kappa shape index (κ3) is 1.94. The molecule has 0 spiro atoms. The molecule has 0 radical (unpaired) electrons. The first-order valence-corrected chi connectivity index (χ1v) is 5.22. The zero-order valence-electron chi connectivity index (χ0n) is 8.67. The summed E-state index contributed by atoms with van der Waals surface area (Å²) in [4.78, 5) is 24.5. The highest BCUT2D eigenvalue weighted by atomic mass is 16.3. The molecule has 0 aliphatic heterocycles. The van der Waals surface area contributed by atoms with Gasteiger partial charge in [-0.25, -0.2) is 4.79 Å². The van der Waals surface area contributed by atoms with Gasteiger partial charge < -0.3 is 10.2 Å². The van der Waals surface area contributed by atoms with Crippen molar-refractivity contribution in [1.82, 2.24) is 9.55 Å². The number of rotatable bonds is 2. The van der Waals surface area contributed by atoms with Crippen molar-refractivity contribution in [3.05, 3.63) is 33.1 Å². The molecule has 6 heteroatoms. The molecule has 0 bridgehead atoms. The van der Waals surface area contributed by atoms with Gasteiger partial charge in [0, 0.05) is 30.8 Å². The van der Waals surface area contributed by atoms with Gasteiger partial charge in [0.15, 0.2) is 0 Å². The van der Waals surface area contributed by atoms with Crippen molar-refractivity contribution in [2.24, 2.45) is 5.92 Å². The SMILES string of the molecule is O=c1ccn([C@H]2C[C@H](CO)[C@@H](O)C2)c(=O)[nH]1. The van der Waals surface area contributed by atoms with Gasteiger partial charge in [-0.05, 0) is 12.8 Å². The molecule has 1 heterocycles. The van der Waals surface area contributed by atoms with Crippen molar-refractivity contribution in [1.29, 1.82) is 0 Å². The first kappa shape index (κ1) is 11.1. The van der Waals surface area contributed by atoms with Crippen LogP contribution in [0, 0.1) is 5.92 Å². The molecular weight excluding hydrogens is 212 g/mol. The lowest BCUT2D eigenvalue weighted by Crippen LogP contribution is -2.30. The zero-order valence-corrected chi connectivity index (χ0v) is 8.67. The summed E-state index contributed by atoms with van der Waals surface area (Å²) in [5, 5.41) is 18.6.